The lowest BCUT2D eigenvalue weighted by Gasteiger charge is -2.07. The van der Waals surface area contributed by atoms with Crippen LogP contribution in [-0.2, 0) is 13.1 Å². The smallest absolute Gasteiger partial charge is 0.0483 e. The molecule has 1 heterocycles. The third kappa shape index (κ3) is 3.82. The molecule has 0 atom stereocenters. The number of aliphatic hydroxyl groups excluding tert-OH is 1. The SMILES string of the molecule is CNCc1ccc2ccn(CCCCCCO)c2c1. The van der Waals surface area contributed by atoms with Gasteiger partial charge in [-0.05, 0) is 43.0 Å². The summed E-state index contributed by atoms with van der Waals surface area (Å²) >= 11 is 0. The number of fused-ring (bicyclic) bond motifs is 1. The van der Waals surface area contributed by atoms with E-state index in [4.69, 9.17) is 5.11 Å². The quantitative estimate of drug-likeness (QED) is 0.716. The molecular weight excluding hydrogens is 236 g/mol. The van der Waals surface area contributed by atoms with E-state index in [2.05, 4.69) is 40.3 Å². The van der Waals surface area contributed by atoms with Crippen molar-refractivity contribution < 1.29 is 5.11 Å². The lowest BCUT2D eigenvalue weighted by Crippen LogP contribution is -2.05. The van der Waals surface area contributed by atoms with Crippen LogP contribution in [0.5, 0.6) is 0 Å². The van der Waals surface area contributed by atoms with Gasteiger partial charge in [0.15, 0.2) is 0 Å². The maximum absolute atomic E-state index is 8.76. The Hall–Kier alpha value is -1.32. The first-order valence-corrected chi connectivity index (χ1v) is 7.18. The summed E-state index contributed by atoms with van der Waals surface area (Å²) in [5.41, 5.74) is 2.66. The minimum atomic E-state index is 0.319. The van der Waals surface area contributed by atoms with Crippen molar-refractivity contribution in [2.24, 2.45) is 0 Å². The number of unbranched alkanes of at least 4 members (excludes halogenated alkanes) is 3. The molecule has 3 heteroatoms. The van der Waals surface area contributed by atoms with Crippen molar-refractivity contribution in [2.45, 2.75) is 38.8 Å². The van der Waals surface area contributed by atoms with Gasteiger partial charge in [-0.15, -0.1) is 0 Å². The number of nitrogens with one attached hydrogen (secondary N) is 1. The van der Waals surface area contributed by atoms with Gasteiger partial charge < -0.3 is 15.0 Å². The molecule has 2 rings (SSSR count). The summed E-state index contributed by atoms with van der Waals surface area (Å²) in [6.07, 6.45) is 6.61. The zero-order valence-electron chi connectivity index (χ0n) is 11.7. The van der Waals surface area contributed by atoms with Crippen LogP contribution < -0.4 is 5.32 Å². The fourth-order valence-electron chi connectivity index (χ4n) is 2.49. The largest absolute Gasteiger partial charge is 0.396 e. The molecule has 104 valence electrons. The minimum absolute atomic E-state index is 0.319. The van der Waals surface area contributed by atoms with E-state index < -0.39 is 0 Å². The molecule has 0 radical (unpaired) electrons. The highest BCUT2D eigenvalue weighted by molar-refractivity contribution is 5.80. The predicted molar refractivity (Wildman–Crippen MR) is 80.3 cm³/mol. The van der Waals surface area contributed by atoms with E-state index in [0.29, 0.717) is 6.61 Å². The number of aromatic nitrogens is 1. The van der Waals surface area contributed by atoms with Crippen LogP contribution in [0.25, 0.3) is 10.9 Å². The Morgan fingerprint density at radius 3 is 2.74 bits per heavy atom. The summed E-state index contributed by atoms with van der Waals surface area (Å²) in [7, 11) is 1.98. The van der Waals surface area contributed by atoms with Crippen molar-refractivity contribution in [3.05, 3.63) is 36.0 Å². The van der Waals surface area contributed by atoms with Gasteiger partial charge in [-0.1, -0.05) is 25.0 Å². The summed E-state index contributed by atoms with van der Waals surface area (Å²) in [4.78, 5) is 0. The first kappa shape index (κ1) is 14.1. The van der Waals surface area contributed by atoms with Gasteiger partial charge in [0, 0.05) is 31.4 Å². The van der Waals surface area contributed by atoms with Crippen LogP contribution in [0.4, 0.5) is 0 Å². The fourth-order valence-corrected chi connectivity index (χ4v) is 2.49. The second kappa shape index (κ2) is 7.31. The maximum Gasteiger partial charge on any atom is 0.0483 e. The highest BCUT2D eigenvalue weighted by atomic mass is 16.2. The molecule has 0 aliphatic carbocycles. The number of hydrogen-bond acceptors (Lipinski definition) is 2. The Balaban J connectivity index is 1.99. The van der Waals surface area contributed by atoms with Crippen molar-refractivity contribution in [3.63, 3.8) is 0 Å². The van der Waals surface area contributed by atoms with Gasteiger partial charge in [0.1, 0.15) is 0 Å². The minimum Gasteiger partial charge on any atom is -0.396 e. The Kier molecular flexibility index (Phi) is 5.43. The molecular formula is C16H24N2O. The van der Waals surface area contributed by atoms with E-state index in [1.807, 2.05) is 7.05 Å². The molecule has 0 aliphatic rings. The van der Waals surface area contributed by atoms with Crippen molar-refractivity contribution >= 4 is 10.9 Å². The number of hydrogen-bond donors (Lipinski definition) is 2. The average molecular weight is 260 g/mol. The van der Waals surface area contributed by atoms with Gasteiger partial charge in [0.2, 0.25) is 0 Å². The van der Waals surface area contributed by atoms with Crippen LogP contribution >= 0.6 is 0 Å². The van der Waals surface area contributed by atoms with E-state index in [1.54, 1.807) is 0 Å². The molecule has 1 aromatic heterocycles. The second-order valence-corrected chi connectivity index (χ2v) is 5.07. The van der Waals surface area contributed by atoms with Gasteiger partial charge >= 0.3 is 0 Å². The molecule has 1 aromatic carbocycles. The Labute approximate surface area is 115 Å². The number of rotatable bonds is 8. The Bertz CT molecular complexity index is 504. The Morgan fingerprint density at radius 2 is 1.95 bits per heavy atom. The third-order valence-corrected chi connectivity index (χ3v) is 3.53. The molecule has 0 bridgehead atoms. The van der Waals surface area contributed by atoms with Gasteiger partial charge in [-0.2, -0.15) is 0 Å². The standard InChI is InChI=1S/C16H24N2O/c1-17-13-14-6-7-15-8-10-18(16(15)12-14)9-4-2-3-5-11-19/h6-8,10,12,17,19H,2-5,9,11,13H2,1H3. The molecule has 2 aromatic rings. The second-order valence-electron chi connectivity index (χ2n) is 5.07. The van der Waals surface area contributed by atoms with Crippen molar-refractivity contribution in [3.8, 4) is 0 Å². The normalized spacial score (nSPS) is 11.3. The van der Waals surface area contributed by atoms with Crippen LogP contribution in [0.2, 0.25) is 0 Å². The third-order valence-electron chi connectivity index (χ3n) is 3.53. The topological polar surface area (TPSA) is 37.2 Å². The monoisotopic (exact) mass is 260 g/mol. The highest BCUT2D eigenvalue weighted by Crippen LogP contribution is 2.18. The molecule has 3 nitrogen and oxygen atoms in total. The summed E-state index contributed by atoms with van der Waals surface area (Å²) in [6, 6.07) is 8.85. The summed E-state index contributed by atoms with van der Waals surface area (Å²) in [5.74, 6) is 0. The van der Waals surface area contributed by atoms with Crippen LogP contribution in [0.15, 0.2) is 30.5 Å². The Morgan fingerprint density at radius 1 is 1.11 bits per heavy atom. The lowest BCUT2D eigenvalue weighted by atomic mass is 10.1. The average Bonchev–Trinajstić information content (AvgIpc) is 2.82. The van der Waals surface area contributed by atoms with Crippen LogP contribution in [-0.4, -0.2) is 23.3 Å². The van der Waals surface area contributed by atoms with Gasteiger partial charge in [0.25, 0.3) is 0 Å². The molecule has 0 spiro atoms. The molecule has 0 amide bonds. The molecule has 0 fully saturated rings. The van der Waals surface area contributed by atoms with Crippen LogP contribution in [0.3, 0.4) is 0 Å². The van der Waals surface area contributed by atoms with E-state index in [0.717, 1.165) is 25.9 Å². The van der Waals surface area contributed by atoms with E-state index >= 15 is 0 Å². The molecule has 0 unspecified atom stereocenters. The van der Waals surface area contributed by atoms with E-state index in [-0.39, 0.29) is 0 Å². The zero-order valence-corrected chi connectivity index (χ0v) is 11.7. The number of benzene rings is 1. The first-order valence-electron chi connectivity index (χ1n) is 7.18. The van der Waals surface area contributed by atoms with Gasteiger partial charge in [-0.25, -0.2) is 0 Å². The fraction of sp³-hybridized carbons (Fsp3) is 0.500. The predicted octanol–water partition coefficient (Wildman–Crippen LogP) is 2.91. The van der Waals surface area contributed by atoms with Crippen molar-refractivity contribution in [1.82, 2.24) is 9.88 Å². The number of aryl methyl sites for hydroxylation is 1. The molecule has 0 saturated heterocycles. The lowest BCUT2D eigenvalue weighted by molar-refractivity contribution is 0.282. The van der Waals surface area contributed by atoms with Gasteiger partial charge in [0.05, 0.1) is 0 Å². The summed E-state index contributed by atoms with van der Waals surface area (Å²) in [6.45, 7) is 2.30. The first-order chi connectivity index (χ1) is 9.35. The summed E-state index contributed by atoms with van der Waals surface area (Å²) in [5, 5.41) is 13.3. The molecule has 0 saturated carbocycles. The maximum atomic E-state index is 8.76. The molecule has 2 N–H and O–H groups in total. The number of aliphatic hydroxyl groups is 1. The summed E-state index contributed by atoms with van der Waals surface area (Å²) < 4.78 is 2.34. The zero-order chi connectivity index (χ0) is 13.5. The molecule has 19 heavy (non-hydrogen) atoms. The highest BCUT2D eigenvalue weighted by Gasteiger charge is 2.02. The van der Waals surface area contributed by atoms with Crippen LogP contribution in [0.1, 0.15) is 31.2 Å². The van der Waals surface area contributed by atoms with E-state index in [9.17, 15) is 0 Å². The van der Waals surface area contributed by atoms with Crippen LogP contribution in [0, 0.1) is 0 Å². The number of nitrogens with zero attached hydrogens (tertiary/aromatic N) is 1. The van der Waals surface area contributed by atoms with Crippen molar-refractivity contribution in [2.75, 3.05) is 13.7 Å². The van der Waals surface area contributed by atoms with Gasteiger partial charge in [-0.3, -0.25) is 0 Å². The van der Waals surface area contributed by atoms with Crippen molar-refractivity contribution in [1.29, 1.82) is 0 Å². The van der Waals surface area contributed by atoms with E-state index in [1.165, 1.54) is 29.3 Å². The molecule has 0 aliphatic heterocycles.